The van der Waals surface area contributed by atoms with Gasteiger partial charge in [0.1, 0.15) is 5.69 Å². The molecule has 0 aliphatic carbocycles. The number of para-hydroxylation sites is 1. The van der Waals surface area contributed by atoms with Crippen molar-refractivity contribution in [1.29, 1.82) is 0 Å². The van der Waals surface area contributed by atoms with Crippen LogP contribution in [0.15, 0.2) is 71.3 Å². The summed E-state index contributed by atoms with van der Waals surface area (Å²) >= 11 is 0. The Hall–Kier alpha value is -3.71. The lowest BCUT2D eigenvalue weighted by molar-refractivity contribution is 0.0748. The molecule has 7 nitrogen and oxygen atoms in total. The van der Waals surface area contributed by atoms with E-state index in [4.69, 9.17) is 4.42 Å². The number of aliphatic hydroxyl groups excluding tert-OH is 1. The summed E-state index contributed by atoms with van der Waals surface area (Å²) in [4.78, 5) is 20.3. The van der Waals surface area contributed by atoms with Gasteiger partial charge in [0.2, 0.25) is 0 Å². The molecule has 0 aliphatic heterocycles. The molecule has 2 aromatic carbocycles. The third-order valence-corrected chi connectivity index (χ3v) is 6.50. The molecule has 188 valence electrons. The highest BCUT2D eigenvalue weighted by atomic mass is 16.4. The second-order valence-electron chi connectivity index (χ2n) is 8.86. The van der Waals surface area contributed by atoms with Gasteiger partial charge in [-0.3, -0.25) is 4.79 Å². The van der Waals surface area contributed by atoms with Crippen molar-refractivity contribution in [2.75, 3.05) is 13.1 Å². The Morgan fingerprint density at radius 2 is 1.78 bits per heavy atom. The predicted octanol–water partition coefficient (Wildman–Crippen LogP) is 5.80. The quantitative estimate of drug-likeness (QED) is 0.306. The van der Waals surface area contributed by atoms with Crippen LogP contribution in [-0.2, 0) is 6.42 Å². The van der Waals surface area contributed by atoms with Crippen molar-refractivity contribution >= 4 is 5.91 Å². The molecule has 0 spiro atoms. The van der Waals surface area contributed by atoms with Crippen LogP contribution >= 0.6 is 0 Å². The number of amides is 1. The Balaban J connectivity index is 1.64. The molecular formula is C29H34N4O3. The molecule has 4 aromatic rings. The van der Waals surface area contributed by atoms with Gasteiger partial charge >= 0.3 is 0 Å². The average molecular weight is 487 g/mol. The molecule has 0 fully saturated rings. The van der Waals surface area contributed by atoms with Crippen LogP contribution < -0.4 is 0 Å². The van der Waals surface area contributed by atoms with Crippen LogP contribution in [-0.4, -0.2) is 43.8 Å². The molecule has 1 N–H and O–H groups in total. The van der Waals surface area contributed by atoms with E-state index in [9.17, 15) is 9.90 Å². The topological polar surface area (TPSA) is 84.4 Å². The number of oxazole rings is 1. The summed E-state index contributed by atoms with van der Waals surface area (Å²) in [6, 6.07) is 19.2. The van der Waals surface area contributed by atoms with Crippen molar-refractivity contribution < 1.29 is 14.3 Å². The zero-order chi connectivity index (χ0) is 25.7. The molecule has 2 aromatic heterocycles. The second kappa shape index (κ2) is 11.4. The van der Waals surface area contributed by atoms with Crippen molar-refractivity contribution in [2.45, 2.75) is 52.6 Å². The maximum Gasteiger partial charge on any atom is 0.256 e. The number of aliphatic hydroxyl groups is 1. The average Bonchev–Trinajstić information content (AvgIpc) is 3.57. The maximum atomic E-state index is 13.8. The van der Waals surface area contributed by atoms with Gasteiger partial charge in [-0.15, -0.1) is 0 Å². The number of hydrogen-bond donors (Lipinski definition) is 1. The fourth-order valence-electron chi connectivity index (χ4n) is 4.43. The fraction of sp³-hybridized carbons (Fsp3) is 0.345. The Bertz CT molecular complexity index is 1290. The highest BCUT2D eigenvalue weighted by Gasteiger charge is 2.27. The van der Waals surface area contributed by atoms with Crippen molar-refractivity contribution in [3.8, 4) is 17.0 Å². The summed E-state index contributed by atoms with van der Waals surface area (Å²) in [5.41, 5.74) is 3.80. The summed E-state index contributed by atoms with van der Waals surface area (Å²) in [5.74, 6) is 0.929. The Morgan fingerprint density at radius 3 is 2.44 bits per heavy atom. The lowest BCUT2D eigenvalue weighted by Crippen LogP contribution is -2.35. The van der Waals surface area contributed by atoms with Gasteiger partial charge in [0.15, 0.2) is 11.7 Å². The molecule has 2 unspecified atom stereocenters. The van der Waals surface area contributed by atoms with Crippen LogP contribution in [0.2, 0.25) is 0 Å². The third kappa shape index (κ3) is 5.11. The molecule has 2 atom stereocenters. The zero-order valence-electron chi connectivity index (χ0n) is 21.4. The predicted molar refractivity (Wildman–Crippen MR) is 140 cm³/mol. The van der Waals surface area contributed by atoms with Crippen LogP contribution in [0.3, 0.4) is 0 Å². The summed E-state index contributed by atoms with van der Waals surface area (Å²) in [6.45, 7) is 8.79. The summed E-state index contributed by atoms with van der Waals surface area (Å²) in [7, 11) is 0. The fourth-order valence-corrected chi connectivity index (χ4v) is 4.43. The number of carbonyl (C=O) groups is 1. The first-order chi connectivity index (χ1) is 17.5. The lowest BCUT2D eigenvalue weighted by Gasteiger charge is -2.25. The molecular weight excluding hydrogens is 452 g/mol. The van der Waals surface area contributed by atoms with E-state index in [1.165, 1.54) is 0 Å². The first kappa shape index (κ1) is 25.4. The largest absolute Gasteiger partial charge is 0.440 e. The van der Waals surface area contributed by atoms with E-state index < -0.39 is 6.10 Å². The van der Waals surface area contributed by atoms with Crippen molar-refractivity contribution in [3.63, 3.8) is 0 Å². The summed E-state index contributed by atoms with van der Waals surface area (Å²) < 4.78 is 8.08. The zero-order valence-corrected chi connectivity index (χ0v) is 21.4. The summed E-state index contributed by atoms with van der Waals surface area (Å²) in [5, 5.41) is 14.8. The van der Waals surface area contributed by atoms with Gasteiger partial charge in [-0.1, -0.05) is 56.3 Å². The van der Waals surface area contributed by atoms with E-state index in [0.717, 1.165) is 29.8 Å². The minimum Gasteiger partial charge on any atom is -0.440 e. The van der Waals surface area contributed by atoms with Crippen LogP contribution in [0.1, 0.15) is 73.8 Å². The van der Waals surface area contributed by atoms with Crippen molar-refractivity contribution in [2.24, 2.45) is 0 Å². The van der Waals surface area contributed by atoms with E-state index in [1.807, 2.05) is 77.2 Å². The Labute approximate surface area is 212 Å². The van der Waals surface area contributed by atoms with Gasteiger partial charge in [0.05, 0.1) is 23.3 Å². The Morgan fingerprint density at radius 1 is 1.06 bits per heavy atom. The SMILES string of the molecule is CCc1ccnn1-c1ccccc1C(=O)N(CC)CC(CC)c1nc(C(C)O)c(-c2ccccc2)o1. The summed E-state index contributed by atoms with van der Waals surface area (Å²) in [6.07, 6.45) is 2.54. The number of nitrogens with zero attached hydrogens (tertiary/aromatic N) is 4. The highest BCUT2D eigenvalue weighted by Crippen LogP contribution is 2.33. The second-order valence-corrected chi connectivity index (χ2v) is 8.86. The molecule has 0 radical (unpaired) electrons. The molecule has 0 aliphatic rings. The van der Waals surface area contributed by atoms with E-state index >= 15 is 0 Å². The van der Waals surface area contributed by atoms with Gasteiger partial charge in [-0.05, 0) is 44.9 Å². The van der Waals surface area contributed by atoms with Gasteiger partial charge in [-0.2, -0.15) is 5.10 Å². The molecule has 0 saturated heterocycles. The normalized spacial score (nSPS) is 12.9. The van der Waals surface area contributed by atoms with Gasteiger partial charge in [0.25, 0.3) is 5.91 Å². The minimum absolute atomic E-state index is 0.0605. The number of carbonyl (C=O) groups excluding carboxylic acids is 1. The number of likely N-dealkylation sites (N-methyl/N-ethyl adjacent to an activating group) is 1. The molecule has 0 saturated carbocycles. The van der Waals surface area contributed by atoms with Gasteiger partial charge < -0.3 is 14.4 Å². The molecule has 36 heavy (non-hydrogen) atoms. The maximum absolute atomic E-state index is 13.8. The number of hydrogen-bond acceptors (Lipinski definition) is 5. The molecule has 7 heteroatoms. The van der Waals surface area contributed by atoms with Gasteiger partial charge in [-0.25, -0.2) is 9.67 Å². The van der Waals surface area contributed by atoms with Crippen LogP contribution in [0, 0.1) is 0 Å². The first-order valence-corrected chi connectivity index (χ1v) is 12.6. The molecule has 4 rings (SSSR count). The van der Waals surface area contributed by atoms with Crippen molar-refractivity contribution in [1.82, 2.24) is 19.7 Å². The third-order valence-electron chi connectivity index (χ3n) is 6.50. The van der Waals surface area contributed by atoms with E-state index in [2.05, 4.69) is 23.9 Å². The highest BCUT2D eigenvalue weighted by molar-refractivity contribution is 5.97. The number of rotatable bonds is 10. The minimum atomic E-state index is -0.771. The molecule has 1 amide bonds. The first-order valence-electron chi connectivity index (χ1n) is 12.6. The van der Waals surface area contributed by atoms with Gasteiger partial charge in [0, 0.05) is 30.5 Å². The van der Waals surface area contributed by atoms with Crippen molar-refractivity contribution in [3.05, 3.63) is 89.7 Å². The molecule has 0 bridgehead atoms. The van der Waals surface area contributed by atoms with E-state index in [-0.39, 0.29) is 11.8 Å². The monoisotopic (exact) mass is 486 g/mol. The van der Waals surface area contributed by atoms with E-state index in [1.54, 1.807) is 13.1 Å². The van der Waals surface area contributed by atoms with Crippen LogP contribution in [0.5, 0.6) is 0 Å². The number of benzene rings is 2. The standard InChI is InChI=1S/C29H34N4O3/c1-5-21(28-31-26(20(4)34)27(36-28)22-13-9-8-10-14-22)19-32(7-3)29(35)24-15-11-12-16-25(24)33-23(6-2)17-18-30-33/h8-18,20-21,34H,5-7,19H2,1-4H3. The Kier molecular flexibility index (Phi) is 8.00. The van der Waals surface area contributed by atoms with Crippen LogP contribution in [0.4, 0.5) is 0 Å². The number of aryl methyl sites for hydroxylation is 1. The number of aromatic nitrogens is 3. The smallest absolute Gasteiger partial charge is 0.256 e. The van der Waals surface area contributed by atoms with Crippen LogP contribution in [0.25, 0.3) is 17.0 Å². The lowest BCUT2D eigenvalue weighted by atomic mass is 10.0. The van der Waals surface area contributed by atoms with E-state index in [0.29, 0.717) is 36.0 Å². The molecule has 2 heterocycles.